The van der Waals surface area contributed by atoms with Crippen LogP contribution >= 0.6 is 0 Å². The molecule has 2 aliphatic heterocycles. The topological polar surface area (TPSA) is 52.9 Å². The molecule has 1 atom stereocenters. The molecule has 6 nitrogen and oxygen atoms in total. The molecule has 0 unspecified atom stereocenters. The number of carbonyl (C=O) groups excluding carboxylic acids is 1. The van der Waals surface area contributed by atoms with E-state index in [0.29, 0.717) is 51.4 Å². The second-order valence-electron chi connectivity index (χ2n) is 9.03. The molecule has 5 rings (SSSR count). The summed E-state index contributed by atoms with van der Waals surface area (Å²) in [5, 5.41) is 0.980. The van der Waals surface area contributed by atoms with E-state index in [-0.39, 0.29) is 12.0 Å². The molecule has 1 aromatic heterocycles. The van der Waals surface area contributed by atoms with Gasteiger partial charge in [-0.3, -0.25) is 4.79 Å². The highest BCUT2D eigenvalue weighted by molar-refractivity contribution is 6.00. The lowest BCUT2D eigenvalue weighted by Crippen LogP contribution is -2.47. The average Bonchev–Trinajstić information content (AvgIpc) is 3.45. The van der Waals surface area contributed by atoms with Gasteiger partial charge in [0.25, 0.3) is 5.91 Å². The highest BCUT2D eigenvalue weighted by Gasteiger charge is 2.41. The number of ether oxygens (including phenoxy) is 3. The minimum Gasteiger partial charge on any atom is -0.490 e. The highest BCUT2D eigenvalue weighted by atomic mass is 16.7. The molecule has 1 amide bonds. The zero-order valence-electron chi connectivity index (χ0n) is 19.5. The number of piperidine rings is 1. The van der Waals surface area contributed by atoms with Crippen LogP contribution in [0.15, 0.2) is 54.6 Å². The van der Waals surface area contributed by atoms with Crippen LogP contribution in [0.3, 0.4) is 0 Å². The van der Waals surface area contributed by atoms with E-state index in [1.165, 1.54) is 0 Å². The molecule has 33 heavy (non-hydrogen) atoms. The van der Waals surface area contributed by atoms with E-state index in [0.717, 1.165) is 28.6 Å². The van der Waals surface area contributed by atoms with E-state index in [1.807, 2.05) is 41.3 Å². The van der Waals surface area contributed by atoms with Crippen LogP contribution in [0.1, 0.15) is 49.2 Å². The molecular formula is C27H32N2O4. The van der Waals surface area contributed by atoms with Crippen LogP contribution in [0.2, 0.25) is 0 Å². The van der Waals surface area contributed by atoms with Gasteiger partial charge in [0.1, 0.15) is 11.4 Å². The van der Waals surface area contributed by atoms with Crippen LogP contribution in [0.25, 0.3) is 10.9 Å². The van der Waals surface area contributed by atoms with E-state index in [9.17, 15) is 4.79 Å². The molecule has 0 radical (unpaired) electrons. The maximum absolute atomic E-state index is 13.8. The maximum Gasteiger partial charge on any atom is 0.270 e. The summed E-state index contributed by atoms with van der Waals surface area (Å²) in [6, 6.07) is 18.4. The Morgan fingerprint density at radius 2 is 1.79 bits per heavy atom. The molecule has 0 bridgehead atoms. The Morgan fingerprint density at radius 3 is 2.48 bits per heavy atom. The summed E-state index contributed by atoms with van der Waals surface area (Å²) in [5.74, 6) is 0.378. The summed E-state index contributed by atoms with van der Waals surface area (Å²) in [6.45, 7) is 7.34. The quantitative estimate of drug-likeness (QED) is 0.541. The van der Waals surface area contributed by atoms with Gasteiger partial charge in [0.05, 0.1) is 24.8 Å². The fourth-order valence-electron chi connectivity index (χ4n) is 4.77. The van der Waals surface area contributed by atoms with Crippen molar-refractivity contribution in [3.8, 4) is 5.75 Å². The van der Waals surface area contributed by atoms with Gasteiger partial charge in [0, 0.05) is 37.9 Å². The highest BCUT2D eigenvalue weighted by Crippen LogP contribution is 2.34. The smallest absolute Gasteiger partial charge is 0.270 e. The molecule has 2 saturated heterocycles. The number of rotatable bonds is 6. The number of amides is 1. The number of carbonyl (C=O) groups is 1. The fraction of sp³-hybridized carbons (Fsp3) is 0.444. The first-order valence-corrected chi connectivity index (χ1v) is 12.0. The van der Waals surface area contributed by atoms with E-state index in [2.05, 4.69) is 36.6 Å². The van der Waals surface area contributed by atoms with E-state index >= 15 is 0 Å². The van der Waals surface area contributed by atoms with Crippen molar-refractivity contribution in [3.63, 3.8) is 0 Å². The molecule has 3 aromatic rings. The standard InChI is InChI=1S/C27H32N2O4/c1-3-20(2)33-25-11-7-10-23-22(25)18-24(29(23)19-21-8-5-4-6-9-21)26(30)28-14-12-27(13-15-28)31-16-17-32-27/h4-11,18,20H,3,12-17,19H2,1-2H3/t20-/m0/s1. The van der Waals surface area contributed by atoms with Gasteiger partial charge in [-0.1, -0.05) is 43.3 Å². The predicted molar refractivity (Wildman–Crippen MR) is 128 cm³/mol. The van der Waals surface area contributed by atoms with Crippen molar-refractivity contribution in [1.82, 2.24) is 9.47 Å². The summed E-state index contributed by atoms with van der Waals surface area (Å²) in [6.07, 6.45) is 2.45. The van der Waals surface area contributed by atoms with E-state index < -0.39 is 5.79 Å². The first kappa shape index (κ1) is 22.0. The number of likely N-dealkylation sites (tertiary alicyclic amines) is 1. The molecule has 3 heterocycles. The third kappa shape index (κ3) is 4.37. The van der Waals surface area contributed by atoms with Gasteiger partial charge >= 0.3 is 0 Å². The third-order valence-corrected chi connectivity index (χ3v) is 6.84. The summed E-state index contributed by atoms with van der Waals surface area (Å²) in [5.41, 5.74) is 2.86. The zero-order valence-corrected chi connectivity index (χ0v) is 19.5. The van der Waals surface area contributed by atoms with Gasteiger partial charge in [-0.15, -0.1) is 0 Å². The van der Waals surface area contributed by atoms with Crippen molar-refractivity contribution in [2.24, 2.45) is 0 Å². The largest absolute Gasteiger partial charge is 0.490 e. The van der Waals surface area contributed by atoms with Crippen molar-refractivity contribution in [2.75, 3.05) is 26.3 Å². The van der Waals surface area contributed by atoms with Gasteiger partial charge in [-0.2, -0.15) is 0 Å². The summed E-state index contributed by atoms with van der Waals surface area (Å²) < 4.78 is 20.0. The number of hydrogen-bond donors (Lipinski definition) is 0. The Morgan fingerprint density at radius 1 is 1.06 bits per heavy atom. The Balaban J connectivity index is 1.50. The minimum atomic E-state index is -0.495. The molecule has 0 N–H and O–H groups in total. The molecule has 2 aliphatic rings. The van der Waals surface area contributed by atoms with Crippen LogP contribution in [0.4, 0.5) is 0 Å². The van der Waals surface area contributed by atoms with Crippen LogP contribution in [0, 0.1) is 0 Å². The number of hydrogen-bond acceptors (Lipinski definition) is 4. The van der Waals surface area contributed by atoms with Gasteiger partial charge in [0.15, 0.2) is 5.79 Å². The number of fused-ring (bicyclic) bond motifs is 1. The third-order valence-electron chi connectivity index (χ3n) is 6.84. The SMILES string of the molecule is CC[C@H](C)Oc1cccc2c1cc(C(=O)N1CCC3(CC1)OCCO3)n2Cc1ccccc1. The van der Waals surface area contributed by atoms with E-state index in [1.54, 1.807) is 0 Å². The molecular weight excluding hydrogens is 416 g/mol. The Labute approximate surface area is 195 Å². The average molecular weight is 449 g/mol. The van der Waals surface area contributed by atoms with Crippen molar-refractivity contribution in [3.05, 3.63) is 65.9 Å². The Bertz CT molecular complexity index is 1110. The first-order valence-electron chi connectivity index (χ1n) is 12.0. The van der Waals surface area contributed by atoms with Crippen LogP contribution < -0.4 is 4.74 Å². The van der Waals surface area contributed by atoms with Gasteiger partial charge in [-0.25, -0.2) is 0 Å². The fourth-order valence-corrected chi connectivity index (χ4v) is 4.77. The van der Waals surface area contributed by atoms with Crippen molar-refractivity contribution in [1.29, 1.82) is 0 Å². The van der Waals surface area contributed by atoms with Crippen LogP contribution in [0.5, 0.6) is 5.75 Å². The van der Waals surface area contributed by atoms with Crippen molar-refractivity contribution < 1.29 is 19.0 Å². The molecule has 6 heteroatoms. The van der Waals surface area contributed by atoms with Crippen LogP contribution in [-0.4, -0.2) is 53.6 Å². The molecule has 2 aromatic carbocycles. The lowest BCUT2D eigenvalue weighted by atomic mass is 10.0. The lowest BCUT2D eigenvalue weighted by Gasteiger charge is -2.37. The maximum atomic E-state index is 13.8. The van der Waals surface area contributed by atoms with E-state index in [4.69, 9.17) is 14.2 Å². The van der Waals surface area contributed by atoms with Crippen molar-refractivity contribution in [2.45, 2.75) is 51.5 Å². The predicted octanol–water partition coefficient (Wildman–Crippen LogP) is 4.85. The summed E-state index contributed by atoms with van der Waals surface area (Å²) >= 11 is 0. The summed E-state index contributed by atoms with van der Waals surface area (Å²) in [7, 11) is 0. The second kappa shape index (κ2) is 9.20. The monoisotopic (exact) mass is 448 g/mol. The normalized spacial score (nSPS) is 18.7. The molecule has 0 aliphatic carbocycles. The Hall–Kier alpha value is -2.83. The Kier molecular flexibility index (Phi) is 6.13. The van der Waals surface area contributed by atoms with Gasteiger partial charge < -0.3 is 23.7 Å². The zero-order chi connectivity index (χ0) is 22.8. The first-order chi connectivity index (χ1) is 16.1. The number of nitrogens with zero attached hydrogens (tertiary/aromatic N) is 2. The summed E-state index contributed by atoms with van der Waals surface area (Å²) in [4.78, 5) is 15.7. The number of benzene rings is 2. The lowest BCUT2D eigenvalue weighted by molar-refractivity contribution is -0.181. The second-order valence-corrected chi connectivity index (χ2v) is 9.03. The van der Waals surface area contributed by atoms with Crippen molar-refractivity contribution >= 4 is 16.8 Å². The minimum absolute atomic E-state index is 0.0458. The molecule has 174 valence electrons. The van der Waals surface area contributed by atoms with Crippen LogP contribution in [-0.2, 0) is 16.0 Å². The molecule has 2 fully saturated rings. The molecule has 0 saturated carbocycles. The number of aromatic nitrogens is 1. The van der Waals surface area contributed by atoms with Gasteiger partial charge in [0.2, 0.25) is 0 Å². The van der Waals surface area contributed by atoms with Gasteiger partial charge in [-0.05, 0) is 37.1 Å². The molecule has 1 spiro atoms.